The summed E-state index contributed by atoms with van der Waals surface area (Å²) in [6.07, 6.45) is 3.80. The molecule has 1 aromatic carbocycles. The van der Waals surface area contributed by atoms with Gasteiger partial charge < -0.3 is 10.8 Å². The molecule has 0 amide bonds. The lowest BCUT2D eigenvalue weighted by atomic mass is 9.99. The Hall–Kier alpha value is -1.06. The number of nitrogens with zero attached hydrogens (tertiary/aromatic N) is 1. The summed E-state index contributed by atoms with van der Waals surface area (Å²) >= 11 is 0. The normalized spacial score (nSPS) is 25.6. The summed E-state index contributed by atoms with van der Waals surface area (Å²) in [4.78, 5) is 2.44. The zero-order valence-corrected chi connectivity index (χ0v) is 11.3. The molecule has 0 radical (unpaired) electrons. The van der Waals surface area contributed by atoms with E-state index in [2.05, 4.69) is 18.9 Å². The number of aromatic hydroxyl groups is 1. The van der Waals surface area contributed by atoms with E-state index in [1.165, 1.54) is 24.8 Å². The molecule has 100 valence electrons. The van der Waals surface area contributed by atoms with E-state index in [9.17, 15) is 5.11 Å². The lowest BCUT2D eigenvalue weighted by Gasteiger charge is -2.34. The summed E-state index contributed by atoms with van der Waals surface area (Å²) < 4.78 is 0. The molecule has 1 fully saturated rings. The van der Waals surface area contributed by atoms with E-state index in [0.717, 1.165) is 6.54 Å². The van der Waals surface area contributed by atoms with Crippen LogP contribution in [0.25, 0.3) is 0 Å². The lowest BCUT2D eigenvalue weighted by molar-refractivity contribution is 0.152. The van der Waals surface area contributed by atoms with E-state index in [4.69, 9.17) is 5.73 Å². The Balaban J connectivity index is 2.08. The van der Waals surface area contributed by atoms with Crippen molar-refractivity contribution >= 4 is 0 Å². The molecule has 3 heteroatoms. The van der Waals surface area contributed by atoms with Crippen LogP contribution in [0.2, 0.25) is 0 Å². The van der Waals surface area contributed by atoms with Crippen LogP contribution in [0.5, 0.6) is 5.75 Å². The number of hydrogen-bond acceptors (Lipinski definition) is 3. The van der Waals surface area contributed by atoms with Gasteiger partial charge in [0.1, 0.15) is 5.75 Å². The molecule has 1 aliphatic carbocycles. The first kappa shape index (κ1) is 13.4. The smallest absolute Gasteiger partial charge is 0.115 e. The summed E-state index contributed by atoms with van der Waals surface area (Å²) in [5.41, 5.74) is 7.11. The molecular weight excluding hydrogens is 224 g/mol. The largest absolute Gasteiger partial charge is 0.508 e. The molecule has 0 spiro atoms. The highest BCUT2D eigenvalue weighted by Crippen LogP contribution is 2.33. The molecule has 2 rings (SSSR count). The van der Waals surface area contributed by atoms with Crippen molar-refractivity contribution in [2.75, 3.05) is 13.6 Å². The van der Waals surface area contributed by atoms with Crippen molar-refractivity contribution in [3.05, 3.63) is 29.8 Å². The van der Waals surface area contributed by atoms with Crippen molar-refractivity contribution in [3.63, 3.8) is 0 Å². The third-order valence-electron chi connectivity index (χ3n) is 4.43. The Bertz CT molecular complexity index is 377. The molecule has 1 saturated carbocycles. The highest BCUT2D eigenvalue weighted by Gasteiger charge is 2.31. The standard InChI is InChI=1S/C15H24N2O/c1-11(12-6-8-14(18)9-7-12)17(2)15-5-3-4-13(15)10-16/h6-9,11,13,15,18H,3-5,10,16H2,1-2H3. The average molecular weight is 248 g/mol. The van der Waals surface area contributed by atoms with Gasteiger partial charge in [-0.05, 0) is 57.0 Å². The molecular formula is C15H24N2O. The first-order valence-electron chi connectivity index (χ1n) is 6.84. The molecule has 3 unspecified atom stereocenters. The quantitative estimate of drug-likeness (QED) is 0.860. The van der Waals surface area contributed by atoms with Gasteiger partial charge in [-0.25, -0.2) is 0 Å². The van der Waals surface area contributed by atoms with Gasteiger partial charge in [-0.15, -0.1) is 0 Å². The lowest BCUT2D eigenvalue weighted by Crippen LogP contribution is -2.39. The predicted octanol–water partition coefficient (Wildman–Crippen LogP) is 2.51. The van der Waals surface area contributed by atoms with Gasteiger partial charge in [0.25, 0.3) is 0 Å². The molecule has 3 N–H and O–H groups in total. The van der Waals surface area contributed by atoms with E-state index in [1.54, 1.807) is 12.1 Å². The van der Waals surface area contributed by atoms with Gasteiger partial charge in [0.15, 0.2) is 0 Å². The number of phenolic OH excluding ortho intramolecular Hbond substituents is 1. The van der Waals surface area contributed by atoms with Crippen LogP contribution in [0.15, 0.2) is 24.3 Å². The summed E-state index contributed by atoms with van der Waals surface area (Å²) in [5.74, 6) is 0.962. The number of benzene rings is 1. The number of hydrogen-bond donors (Lipinski definition) is 2. The van der Waals surface area contributed by atoms with Crippen LogP contribution in [-0.2, 0) is 0 Å². The Morgan fingerprint density at radius 1 is 1.33 bits per heavy atom. The zero-order valence-electron chi connectivity index (χ0n) is 11.3. The van der Waals surface area contributed by atoms with Crippen LogP contribution in [-0.4, -0.2) is 29.6 Å². The molecule has 3 nitrogen and oxygen atoms in total. The van der Waals surface area contributed by atoms with Gasteiger partial charge in [0.2, 0.25) is 0 Å². The molecule has 0 bridgehead atoms. The number of nitrogens with two attached hydrogens (primary N) is 1. The Morgan fingerprint density at radius 2 is 2.00 bits per heavy atom. The highest BCUT2D eigenvalue weighted by molar-refractivity contribution is 5.27. The van der Waals surface area contributed by atoms with Crippen LogP contribution >= 0.6 is 0 Å². The first-order chi connectivity index (χ1) is 8.63. The SMILES string of the molecule is CC(c1ccc(O)cc1)N(C)C1CCCC1CN. The molecule has 18 heavy (non-hydrogen) atoms. The monoisotopic (exact) mass is 248 g/mol. The van der Waals surface area contributed by atoms with Crippen molar-refractivity contribution in [2.45, 2.75) is 38.3 Å². The minimum Gasteiger partial charge on any atom is -0.508 e. The van der Waals surface area contributed by atoms with Crippen molar-refractivity contribution in [1.82, 2.24) is 4.90 Å². The van der Waals surface area contributed by atoms with Crippen LogP contribution in [0.4, 0.5) is 0 Å². The van der Waals surface area contributed by atoms with Crippen LogP contribution in [0, 0.1) is 5.92 Å². The number of phenols is 1. The van der Waals surface area contributed by atoms with Gasteiger partial charge in [-0.1, -0.05) is 18.6 Å². The number of rotatable bonds is 4. The van der Waals surface area contributed by atoms with Crippen molar-refractivity contribution in [3.8, 4) is 5.75 Å². The zero-order chi connectivity index (χ0) is 13.1. The van der Waals surface area contributed by atoms with E-state index in [1.807, 2.05) is 12.1 Å². The second-order valence-electron chi connectivity index (χ2n) is 5.43. The van der Waals surface area contributed by atoms with Gasteiger partial charge >= 0.3 is 0 Å². The maximum atomic E-state index is 9.34. The Morgan fingerprint density at radius 3 is 2.61 bits per heavy atom. The average Bonchev–Trinajstić information content (AvgIpc) is 2.86. The molecule has 0 aromatic heterocycles. The van der Waals surface area contributed by atoms with Crippen molar-refractivity contribution < 1.29 is 5.11 Å². The van der Waals surface area contributed by atoms with Gasteiger partial charge in [0, 0.05) is 12.1 Å². The third-order valence-corrected chi connectivity index (χ3v) is 4.43. The second kappa shape index (κ2) is 5.72. The third kappa shape index (κ3) is 2.68. The van der Waals surface area contributed by atoms with E-state index in [0.29, 0.717) is 23.8 Å². The molecule has 0 heterocycles. The van der Waals surface area contributed by atoms with Crippen LogP contribution < -0.4 is 5.73 Å². The fraction of sp³-hybridized carbons (Fsp3) is 0.600. The fourth-order valence-corrected chi connectivity index (χ4v) is 3.10. The maximum Gasteiger partial charge on any atom is 0.115 e. The summed E-state index contributed by atoms with van der Waals surface area (Å²) in [6, 6.07) is 8.48. The minimum atomic E-state index is 0.328. The molecule has 3 atom stereocenters. The minimum absolute atomic E-state index is 0.328. The topological polar surface area (TPSA) is 49.5 Å². The van der Waals surface area contributed by atoms with Gasteiger partial charge in [-0.3, -0.25) is 4.90 Å². The van der Waals surface area contributed by atoms with Crippen LogP contribution in [0.3, 0.4) is 0 Å². The molecule has 1 aliphatic rings. The van der Waals surface area contributed by atoms with Gasteiger partial charge in [-0.2, -0.15) is 0 Å². The van der Waals surface area contributed by atoms with E-state index in [-0.39, 0.29) is 0 Å². The van der Waals surface area contributed by atoms with Crippen molar-refractivity contribution in [1.29, 1.82) is 0 Å². The molecule has 1 aromatic rings. The van der Waals surface area contributed by atoms with Crippen LogP contribution in [0.1, 0.15) is 37.8 Å². The molecule has 0 saturated heterocycles. The highest BCUT2D eigenvalue weighted by atomic mass is 16.3. The van der Waals surface area contributed by atoms with Gasteiger partial charge in [0.05, 0.1) is 0 Å². The van der Waals surface area contributed by atoms with Crippen molar-refractivity contribution in [2.24, 2.45) is 11.7 Å². The fourth-order valence-electron chi connectivity index (χ4n) is 3.10. The maximum absolute atomic E-state index is 9.34. The molecule has 0 aliphatic heterocycles. The summed E-state index contributed by atoms with van der Waals surface area (Å²) in [5, 5.41) is 9.34. The first-order valence-corrected chi connectivity index (χ1v) is 6.84. The summed E-state index contributed by atoms with van der Waals surface area (Å²) in [6.45, 7) is 3.01. The van der Waals surface area contributed by atoms with E-state index >= 15 is 0 Å². The van der Waals surface area contributed by atoms with E-state index < -0.39 is 0 Å². The second-order valence-corrected chi connectivity index (χ2v) is 5.43. The Kier molecular flexibility index (Phi) is 4.25. The summed E-state index contributed by atoms with van der Waals surface area (Å²) in [7, 11) is 2.19. The Labute approximate surface area is 110 Å². The predicted molar refractivity (Wildman–Crippen MR) is 74.5 cm³/mol.